The molecule has 0 spiro atoms. The van der Waals surface area contributed by atoms with E-state index in [1.807, 2.05) is 0 Å². The number of nitrogens with one attached hydrogen (secondary N) is 1. The summed E-state index contributed by atoms with van der Waals surface area (Å²) in [7, 11) is 1.69. The van der Waals surface area contributed by atoms with Gasteiger partial charge < -0.3 is 11.1 Å². The molecule has 0 aromatic heterocycles. The second-order valence-corrected chi connectivity index (χ2v) is 3.69. The Morgan fingerprint density at radius 2 is 1.50 bits per heavy atom. The summed E-state index contributed by atoms with van der Waals surface area (Å²) < 4.78 is 0. The average molecular weight is 200 g/mol. The van der Waals surface area contributed by atoms with Crippen LogP contribution in [0, 0.1) is 0 Å². The van der Waals surface area contributed by atoms with Gasteiger partial charge in [-0.25, -0.2) is 0 Å². The second-order valence-electron chi connectivity index (χ2n) is 3.69. The Kier molecular flexibility index (Phi) is 10.1. The molecule has 84 valence electrons. The zero-order valence-corrected chi connectivity index (χ0v) is 9.35. The molecule has 0 atom stereocenters. The van der Waals surface area contributed by atoms with Crippen molar-refractivity contribution in [2.75, 3.05) is 13.6 Å². The van der Waals surface area contributed by atoms with Crippen LogP contribution in [0.3, 0.4) is 0 Å². The minimum atomic E-state index is 0.160. The van der Waals surface area contributed by atoms with Gasteiger partial charge in [-0.15, -0.1) is 0 Å². The van der Waals surface area contributed by atoms with Crippen molar-refractivity contribution in [3.63, 3.8) is 0 Å². The third-order valence-electron chi connectivity index (χ3n) is 2.39. The third-order valence-corrected chi connectivity index (χ3v) is 2.39. The molecule has 0 heterocycles. The smallest absolute Gasteiger partial charge is 0.219 e. The summed E-state index contributed by atoms with van der Waals surface area (Å²) >= 11 is 0. The van der Waals surface area contributed by atoms with Crippen molar-refractivity contribution < 1.29 is 4.79 Å². The van der Waals surface area contributed by atoms with Crippen LogP contribution in [0.2, 0.25) is 0 Å². The maximum Gasteiger partial charge on any atom is 0.219 e. The molecule has 0 aliphatic heterocycles. The van der Waals surface area contributed by atoms with Crippen molar-refractivity contribution in [3.05, 3.63) is 0 Å². The van der Waals surface area contributed by atoms with E-state index in [0.29, 0.717) is 6.42 Å². The topological polar surface area (TPSA) is 55.1 Å². The quantitative estimate of drug-likeness (QED) is 0.558. The molecule has 0 unspecified atom stereocenters. The van der Waals surface area contributed by atoms with Gasteiger partial charge in [0.25, 0.3) is 0 Å². The molecular weight excluding hydrogens is 176 g/mol. The van der Waals surface area contributed by atoms with Crippen molar-refractivity contribution in [3.8, 4) is 0 Å². The zero-order chi connectivity index (χ0) is 10.6. The first kappa shape index (κ1) is 13.4. The minimum absolute atomic E-state index is 0.160. The van der Waals surface area contributed by atoms with Gasteiger partial charge in [0.2, 0.25) is 5.91 Å². The average Bonchev–Trinajstić information content (AvgIpc) is 2.21. The van der Waals surface area contributed by atoms with Crippen molar-refractivity contribution in [1.82, 2.24) is 5.32 Å². The highest BCUT2D eigenvalue weighted by Crippen LogP contribution is 2.07. The summed E-state index contributed by atoms with van der Waals surface area (Å²) in [6, 6.07) is 0. The number of carbonyl (C=O) groups excluding carboxylic acids is 1. The number of unbranched alkanes of at least 4 members (excludes halogenated alkanes) is 6. The Morgan fingerprint density at radius 3 is 2.00 bits per heavy atom. The summed E-state index contributed by atoms with van der Waals surface area (Å²) in [5.41, 5.74) is 5.40. The fraction of sp³-hybridized carbons (Fsp3) is 0.909. The SMILES string of the molecule is CNC(=O)CCCCCCCCCN. The Balaban J connectivity index is 2.95. The molecule has 0 saturated heterocycles. The molecule has 0 aliphatic carbocycles. The lowest BCUT2D eigenvalue weighted by Gasteiger charge is -2.01. The Hall–Kier alpha value is -0.570. The molecule has 0 aromatic carbocycles. The maximum atomic E-state index is 10.9. The fourth-order valence-electron chi connectivity index (χ4n) is 1.44. The second kappa shape index (κ2) is 10.5. The highest BCUT2D eigenvalue weighted by Gasteiger charge is 1.96. The normalized spacial score (nSPS) is 10.1. The van der Waals surface area contributed by atoms with Crippen LogP contribution in [0.4, 0.5) is 0 Å². The molecule has 3 N–H and O–H groups in total. The third kappa shape index (κ3) is 9.52. The highest BCUT2D eigenvalue weighted by molar-refractivity contribution is 5.75. The van der Waals surface area contributed by atoms with Crippen molar-refractivity contribution >= 4 is 5.91 Å². The van der Waals surface area contributed by atoms with Gasteiger partial charge in [-0.2, -0.15) is 0 Å². The van der Waals surface area contributed by atoms with Crippen LogP contribution >= 0.6 is 0 Å². The van der Waals surface area contributed by atoms with E-state index in [0.717, 1.165) is 19.4 Å². The number of nitrogens with two attached hydrogens (primary N) is 1. The van der Waals surface area contributed by atoms with E-state index in [2.05, 4.69) is 5.32 Å². The zero-order valence-electron chi connectivity index (χ0n) is 9.35. The Bertz CT molecular complexity index is 137. The highest BCUT2D eigenvalue weighted by atomic mass is 16.1. The maximum absolute atomic E-state index is 10.9. The molecule has 3 nitrogen and oxygen atoms in total. The van der Waals surface area contributed by atoms with E-state index >= 15 is 0 Å². The molecule has 14 heavy (non-hydrogen) atoms. The molecule has 0 fully saturated rings. The van der Waals surface area contributed by atoms with Crippen LogP contribution in [0.25, 0.3) is 0 Å². The Morgan fingerprint density at radius 1 is 1.00 bits per heavy atom. The van der Waals surface area contributed by atoms with E-state index < -0.39 is 0 Å². The van der Waals surface area contributed by atoms with Crippen LogP contribution in [0.1, 0.15) is 51.4 Å². The van der Waals surface area contributed by atoms with E-state index in [-0.39, 0.29) is 5.91 Å². The lowest BCUT2D eigenvalue weighted by molar-refractivity contribution is -0.120. The summed E-state index contributed by atoms with van der Waals surface area (Å²) in [6.07, 6.45) is 9.11. The molecule has 0 bridgehead atoms. The first-order chi connectivity index (χ1) is 6.81. The van der Waals surface area contributed by atoms with Crippen LogP contribution in [-0.2, 0) is 4.79 Å². The number of carbonyl (C=O) groups is 1. The van der Waals surface area contributed by atoms with E-state index in [1.165, 1.54) is 32.1 Å². The fourth-order valence-corrected chi connectivity index (χ4v) is 1.44. The van der Waals surface area contributed by atoms with Gasteiger partial charge in [-0.05, 0) is 19.4 Å². The first-order valence-electron chi connectivity index (χ1n) is 5.72. The first-order valence-corrected chi connectivity index (χ1v) is 5.72. The van der Waals surface area contributed by atoms with Crippen LogP contribution in [0.5, 0.6) is 0 Å². The largest absolute Gasteiger partial charge is 0.359 e. The molecule has 0 aliphatic rings. The number of rotatable bonds is 9. The van der Waals surface area contributed by atoms with E-state index in [9.17, 15) is 4.79 Å². The summed E-state index contributed by atoms with van der Waals surface area (Å²) in [4.78, 5) is 10.9. The lowest BCUT2D eigenvalue weighted by atomic mass is 10.1. The van der Waals surface area contributed by atoms with E-state index in [4.69, 9.17) is 5.73 Å². The minimum Gasteiger partial charge on any atom is -0.359 e. The van der Waals surface area contributed by atoms with Crippen LogP contribution in [-0.4, -0.2) is 19.5 Å². The Labute approximate surface area is 87.4 Å². The van der Waals surface area contributed by atoms with Gasteiger partial charge in [-0.3, -0.25) is 4.79 Å². The summed E-state index contributed by atoms with van der Waals surface area (Å²) in [5.74, 6) is 0.160. The van der Waals surface area contributed by atoms with Gasteiger partial charge in [0.05, 0.1) is 0 Å². The molecule has 1 amide bonds. The van der Waals surface area contributed by atoms with Gasteiger partial charge in [-0.1, -0.05) is 32.1 Å². The predicted molar refractivity (Wildman–Crippen MR) is 60.1 cm³/mol. The molecule has 0 rings (SSSR count). The van der Waals surface area contributed by atoms with Gasteiger partial charge in [0.15, 0.2) is 0 Å². The van der Waals surface area contributed by atoms with E-state index in [1.54, 1.807) is 7.05 Å². The van der Waals surface area contributed by atoms with Crippen molar-refractivity contribution in [1.29, 1.82) is 0 Å². The number of hydrogen-bond acceptors (Lipinski definition) is 2. The number of amides is 1. The standard InChI is InChI=1S/C11H24N2O/c1-13-11(14)9-7-5-3-2-4-6-8-10-12/h2-10,12H2,1H3,(H,13,14). The molecule has 0 saturated carbocycles. The lowest BCUT2D eigenvalue weighted by Crippen LogP contribution is -2.16. The molecule has 0 aromatic rings. The van der Waals surface area contributed by atoms with Crippen LogP contribution < -0.4 is 11.1 Å². The van der Waals surface area contributed by atoms with Crippen LogP contribution in [0.15, 0.2) is 0 Å². The molecular formula is C11H24N2O. The molecule has 0 radical (unpaired) electrons. The van der Waals surface area contributed by atoms with Gasteiger partial charge >= 0.3 is 0 Å². The van der Waals surface area contributed by atoms with Crippen molar-refractivity contribution in [2.45, 2.75) is 51.4 Å². The number of hydrogen-bond donors (Lipinski definition) is 2. The summed E-state index contributed by atoms with van der Waals surface area (Å²) in [5, 5.41) is 2.63. The van der Waals surface area contributed by atoms with Crippen molar-refractivity contribution in [2.24, 2.45) is 5.73 Å². The predicted octanol–water partition coefficient (Wildman–Crippen LogP) is 1.81. The van der Waals surface area contributed by atoms with Gasteiger partial charge in [0.1, 0.15) is 0 Å². The summed E-state index contributed by atoms with van der Waals surface area (Å²) in [6.45, 7) is 0.816. The monoisotopic (exact) mass is 200 g/mol. The molecule has 3 heteroatoms. The van der Waals surface area contributed by atoms with Gasteiger partial charge in [0, 0.05) is 13.5 Å².